The lowest BCUT2D eigenvalue weighted by molar-refractivity contribution is -0.173. The number of benzene rings is 2. The molecule has 1 heterocycles. The number of fused-ring (bicyclic) bond motifs is 1. The summed E-state index contributed by atoms with van der Waals surface area (Å²) in [7, 11) is 0. The molecule has 3 N–H and O–H groups in total. The summed E-state index contributed by atoms with van der Waals surface area (Å²) in [4.78, 5) is 27.1. The van der Waals surface area contributed by atoms with Crippen LogP contribution in [0.2, 0.25) is 0 Å². The maximum Gasteiger partial charge on any atom is 0.322 e. The summed E-state index contributed by atoms with van der Waals surface area (Å²) in [5.74, 6) is -4.90. The second kappa shape index (κ2) is 6.93. The molecule has 2 aromatic carbocycles. The molecule has 2 unspecified atom stereocenters. The molecule has 0 spiro atoms. The van der Waals surface area contributed by atoms with E-state index < -0.39 is 36.1 Å². The van der Waals surface area contributed by atoms with Gasteiger partial charge in [0.05, 0.1) is 0 Å². The summed E-state index contributed by atoms with van der Waals surface area (Å²) >= 11 is 0. The third-order valence-electron chi connectivity index (χ3n) is 3.81. The van der Waals surface area contributed by atoms with Gasteiger partial charge < -0.3 is 20.3 Å². The fourth-order valence-electron chi connectivity index (χ4n) is 2.66. The first kappa shape index (κ1) is 17.6. The number of aliphatic carboxylic acids is 1. The van der Waals surface area contributed by atoms with Crippen LogP contribution in [0.3, 0.4) is 0 Å². The van der Waals surface area contributed by atoms with E-state index in [2.05, 4.69) is 10.3 Å². The van der Waals surface area contributed by atoms with Crippen LogP contribution in [-0.4, -0.2) is 40.9 Å². The van der Waals surface area contributed by atoms with E-state index in [0.717, 1.165) is 6.07 Å². The quantitative estimate of drug-likeness (QED) is 0.693. The maximum absolute atomic E-state index is 13.5. The van der Waals surface area contributed by atoms with Gasteiger partial charge in [-0.1, -0.05) is 30.3 Å². The number of nitrogens with one attached hydrogen (secondary N) is 1. The molecule has 0 saturated carbocycles. The Hall–Kier alpha value is -3.26. The topological polar surface area (TPSA) is 108 Å². The van der Waals surface area contributed by atoms with Crippen molar-refractivity contribution >= 4 is 18.1 Å². The molecule has 7 nitrogen and oxygen atoms in total. The van der Waals surface area contributed by atoms with Crippen LogP contribution in [0.15, 0.2) is 53.5 Å². The number of amides is 1. The number of nitrogens with zero attached hydrogens (tertiary/aromatic N) is 1. The van der Waals surface area contributed by atoms with Gasteiger partial charge in [-0.05, 0) is 12.1 Å². The monoisotopic (exact) mass is 358 g/mol. The predicted molar refractivity (Wildman–Crippen MR) is 89.4 cm³/mol. The first-order chi connectivity index (χ1) is 12.4. The molecule has 3 rings (SSSR count). The molecular weight excluding hydrogens is 343 g/mol. The lowest BCUT2D eigenvalue weighted by Crippen LogP contribution is -2.54. The van der Waals surface area contributed by atoms with Gasteiger partial charge >= 0.3 is 5.97 Å². The number of carboxylic acid groups (broad SMARTS) is 1. The van der Waals surface area contributed by atoms with E-state index in [1.807, 2.05) is 0 Å². The number of aliphatic imine (C=N–C) groups is 1. The fraction of sp³-hybridized carbons (Fsp3) is 0.167. The summed E-state index contributed by atoms with van der Waals surface area (Å²) in [6.07, 6.45) is 1.39. The van der Waals surface area contributed by atoms with Gasteiger partial charge in [0, 0.05) is 23.4 Å². The lowest BCUT2D eigenvalue weighted by Gasteiger charge is -2.36. The minimum atomic E-state index is -2.23. The Kier molecular flexibility index (Phi) is 4.68. The van der Waals surface area contributed by atoms with Crippen molar-refractivity contribution in [2.75, 3.05) is 6.54 Å². The van der Waals surface area contributed by atoms with Crippen molar-refractivity contribution in [3.63, 3.8) is 0 Å². The number of carboxylic acids is 1. The normalized spacial score (nSPS) is 20.9. The molecule has 26 heavy (non-hydrogen) atoms. The van der Waals surface area contributed by atoms with Crippen LogP contribution < -0.4 is 10.1 Å². The molecule has 8 heteroatoms. The van der Waals surface area contributed by atoms with Crippen molar-refractivity contribution in [3.8, 4) is 5.75 Å². The minimum Gasteiger partial charge on any atom is -0.480 e. The van der Waals surface area contributed by atoms with Crippen molar-refractivity contribution in [3.05, 3.63) is 65.5 Å². The number of carbonyl (C=O) groups excluding carboxylic acids is 1. The van der Waals surface area contributed by atoms with Crippen LogP contribution in [0.1, 0.15) is 11.1 Å². The van der Waals surface area contributed by atoms with Crippen LogP contribution in [0.4, 0.5) is 4.39 Å². The minimum absolute atomic E-state index is 0.00422. The largest absolute Gasteiger partial charge is 0.480 e. The zero-order valence-electron chi connectivity index (χ0n) is 13.4. The summed E-state index contributed by atoms with van der Waals surface area (Å²) in [5.41, 5.74) is 0.781. The van der Waals surface area contributed by atoms with Crippen molar-refractivity contribution in [2.24, 2.45) is 4.99 Å². The number of ether oxygens (including phenoxy) is 1. The number of carbonyl (C=O) groups is 2. The highest BCUT2D eigenvalue weighted by Gasteiger charge is 2.48. The average molecular weight is 358 g/mol. The van der Waals surface area contributed by atoms with Crippen LogP contribution in [0, 0.1) is 5.82 Å². The molecule has 1 aliphatic heterocycles. The van der Waals surface area contributed by atoms with E-state index in [0.29, 0.717) is 5.56 Å². The van der Waals surface area contributed by atoms with Gasteiger partial charge in [0.15, 0.2) is 6.04 Å². The SMILES string of the molecule is O=C(O)CNC(=O)C1N=Cc2ccccc2C1(O)Oc1cccc(F)c1. The Bertz CT molecular complexity index is 885. The van der Waals surface area contributed by atoms with Gasteiger partial charge in [0.1, 0.15) is 18.1 Å². The Morgan fingerprint density at radius 3 is 2.73 bits per heavy atom. The molecule has 1 aliphatic rings. The highest BCUT2D eigenvalue weighted by molar-refractivity contribution is 5.92. The molecule has 0 bridgehead atoms. The van der Waals surface area contributed by atoms with Crippen LogP contribution in [-0.2, 0) is 15.4 Å². The number of hydrogen-bond acceptors (Lipinski definition) is 5. The third-order valence-corrected chi connectivity index (χ3v) is 3.81. The van der Waals surface area contributed by atoms with Crippen molar-refractivity contribution < 1.29 is 28.9 Å². The van der Waals surface area contributed by atoms with Crippen molar-refractivity contribution in [2.45, 2.75) is 11.8 Å². The van der Waals surface area contributed by atoms with Gasteiger partial charge in [-0.25, -0.2) is 4.39 Å². The van der Waals surface area contributed by atoms with Crippen molar-refractivity contribution in [1.29, 1.82) is 0 Å². The highest BCUT2D eigenvalue weighted by Crippen LogP contribution is 2.35. The molecule has 134 valence electrons. The Balaban J connectivity index is 2.00. The first-order valence-corrected chi connectivity index (χ1v) is 7.69. The number of aliphatic hydroxyl groups is 1. The van der Waals surface area contributed by atoms with E-state index in [-0.39, 0.29) is 11.3 Å². The van der Waals surface area contributed by atoms with Crippen LogP contribution in [0.5, 0.6) is 5.75 Å². The summed E-state index contributed by atoms with van der Waals surface area (Å²) in [6.45, 7) is -0.636. The molecule has 0 aliphatic carbocycles. The second-order valence-corrected chi connectivity index (χ2v) is 5.64. The fourth-order valence-corrected chi connectivity index (χ4v) is 2.66. The summed E-state index contributed by atoms with van der Waals surface area (Å²) in [6, 6.07) is 10.2. The predicted octanol–water partition coefficient (Wildman–Crippen LogP) is 1.05. The van der Waals surface area contributed by atoms with E-state index in [9.17, 15) is 19.1 Å². The Morgan fingerprint density at radius 2 is 2.00 bits per heavy atom. The van der Waals surface area contributed by atoms with Gasteiger partial charge in [-0.15, -0.1) is 0 Å². The molecule has 2 aromatic rings. The van der Waals surface area contributed by atoms with Gasteiger partial charge in [-0.2, -0.15) is 0 Å². The average Bonchev–Trinajstić information content (AvgIpc) is 2.60. The van der Waals surface area contributed by atoms with Gasteiger partial charge in [0.25, 0.3) is 11.7 Å². The van der Waals surface area contributed by atoms with Gasteiger partial charge in [0.2, 0.25) is 0 Å². The first-order valence-electron chi connectivity index (χ1n) is 7.69. The highest BCUT2D eigenvalue weighted by atomic mass is 19.1. The molecular formula is C18H15FN2O5. The second-order valence-electron chi connectivity index (χ2n) is 5.64. The standard InChI is InChI=1S/C18H15FN2O5/c19-12-5-3-6-13(8-12)26-18(25)14-7-2-1-4-11(14)9-20-16(18)17(24)21-10-15(22)23/h1-9,16,25H,10H2,(H,21,24)(H,22,23). The molecule has 1 amide bonds. The van der Waals surface area contributed by atoms with E-state index >= 15 is 0 Å². The number of halogens is 1. The van der Waals surface area contributed by atoms with Crippen LogP contribution in [0.25, 0.3) is 0 Å². The summed E-state index contributed by atoms with van der Waals surface area (Å²) < 4.78 is 19.1. The zero-order chi connectivity index (χ0) is 18.7. The number of rotatable bonds is 5. The third kappa shape index (κ3) is 3.40. The molecule has 0 saturated heterocycles. The van der Waals surface area contributed by atoms with Gasteiger partial charge in [-0.3, -0.25) is 14.6 Å². The van der Waals surface area contributed by atoms with E-state index in [1.165, 1.54) is 24.4 Å². The molecule has 0 fully saturated rings. The smallest absolute Gasteiger partial charge is 0.322 e. The molecule has 2 atom stereocenters. The maximum atomic E-state index is 13.5. The lowest BCUT2D eigenvalue weighted by atomic mass is 9.90. The summed E-state index contributed by atoms with van der Waals surface area (Å²) in [5, 5.41) is 22.1. The van der Waals surface area contributed by atoms with Crippen LogP contribution >= 0.6 is 0 Å². The van der Waals surface area contributed by atoms with E-state index in [1.54, 1.807) is 24.3 Å². The molecule has 0 radical (unpaired) electrons. The number of hydrogen-bond donors (Lipinski definition) is 3. The Morgan fingerprint density at radius 1 is 1.23 bits per heavy atom. The van der Waals surface area contributed by atoms with E-state index in [4.69, 9.17) is 9.84 Å². The zero-order valence-corrected chi connectivity index (χ0v) is 13.4. The Labute approximate surface area is 147 Å². The van der Waals surface area contributed by atoms with Crippen molar-refractivity contribution in [1.82, 2.24) is 5.32 Å². The molecule has 0 aromatic heterocycles.